The molecule has 2 heterocycles. The van der Waals surface area contributed by atoms with Crippen LogP contribution in [0.15, 0.2) is 83.8 Å². The first-order valence-corrected chi connectivity index (χ1v) is 17.5. The summed E-state index contributed by atoms with van der Waals surface area (Å²) in [7, 11) is 1.32. The van der Waals surface area contributed by atoms with Crippen LogP contribution in [0.1, 0.15) is 57.9 Å². The summed E-state index contributed by atoms with van der Waals surface area (Å²) in [5.74, 6) is -0.833. The number of anilines is 3. The van der Waals surface area contributed by atoms with Gasteiger partial charge in [-0.1, -0.05) is 54.1 Å². The van der Waals surface area contributed by atoms with Gasteiger partial charge in [0.05, 0.1) is 19.2 Å². The Balaban J connectivity index is 1.36. The van der Waals surface area contributed by atoms with Gasteiger partial charge in [0, 0.05) is 27.7 Å². The Bertz CT molecular complexity index is 1800. The Morgan fingerprint density at radius 2 is 1.65 bits per heavy atom. The maximum Gasteiger partial charge on any atom is 0.410 e. The van der Waals surface area contributed by atoms with Crippen molar-refractivity contribution in [3.63, 3.8) is 0 Å². The van der Waals surface area contributed by atoms with Crippen molar-refractivity contribution in [2.45, 2.75) is 56.4 Å². The van der Waals surface area contributed by atoms with Gasteiger partial charge < -0.3 is 30.3 Å². The number of carbonyl (C=O) groups is 3. The molecule has 0 fully saturated rings. The fourth-order valence-electron chi connectivity index (χ4n) is 5.08. The maximum absolute atomic E-state index is 14.1. The van der Waals surface area contributed by atoms with Crippen molar-refractivity contribution < 1.29 is 23.9 Å². The number of aryl methyl sites for hydroxylation is 1. The minimum absolute atomic E-state index is 0.270. The van der Waals surface area contributed by atoms with Gasteiger partial charge >= 0.3 is 12.1 Å². The summed E-state index contributed by atoms with van der Waals surface area (Å²) in [6, 6.07) is 25.1. The fourth-order valence-corrected chi connectivity index (χ4v) is 7.66. The molecule has 1 atom stereocenters. The number of ether oxygens (including phenoxy) is 2. The van der Waals surface area contributed by atoms with Crippen molar-refractivity contribution >= 4 is 74.8 Å². The third kappa shape index (κ3) is 8.94. The molecule has 0 spiro atoms. The van der Waals surface area contributed by atoms with E-state index in [0.29, 0.717) is 28.6 Å². The Morgan fingerprint density at radius 1 is 0.938 bits per heavy atom. The van der Waals surface area contributed by atoms with Crippen LogP contribution in [0.2, 0.25) is 0 Å². The van der Waals surface area contributed by atoms with Gasteiger partial charge in [-0.15, -0.1) is 23.1 Å². The highest BCUT2D eigenvalue weighted by atomic mass is 32.2. The number of thioether (sulfide) groups is 1. The molecule has 1 aliphatic rings. The zero-order valence-corrected chi connectivity index (χ0v) is 29.9. The number of methoxy groups -OCH3 is 1. The van der Waals surface area contributed by atoms with E-state index in [2.05, 4.69) is 16.0 Å². The molecule has 0 radical (unpaired) electrons. The van der Waals surface area contributed by atoms with Crippen molar-refractivity contribution in [2.75, 3.05) is 29.6 Å². The summed E-state index contributed by atoms with van der Waals surface area (Å²) in [5.41, 5.74) is 4.08. The van der Waals surface area contributed by atoms with E-state index in [1.807, 2.05) is 107 Å². The van der Waals surface area contributed by atoms with Crippen LogP contribution in [-0.2, 0) is 27.2 Å². The molecule has 48 heavy (non-hydrogen) atoms. The summed E-state index contributed by atoms with van der Waals surface area (Å²) < 4.78 is 10.7. The van der Waals surface area contributed by atoms with Gasteiger partial charge in [-0.2, -0.15) is 0 Å². The SMILES string of the molecule is COC(=O)c1c(NC(=O)C(Sc2cccc(NC(=S)Nc3ccc(C)cc3)c2)c2ccccc2)sc2c1CCN(C(=O)OC(C)(C)C)C2. The molecule has 0 bridgehead atoms. The molecule has 9 nitrogen and oxygen atoms in total. The third-order valence-corrected chi connectivity index (χ3v) is 9.91. The van der Waals surface area contributed by atoms with E-state index in [0.717, 1.165) is 37.8 Å². The predicted octanol–water partition coefficient (Wildman–Crippen LogP) is 8.42. The number of carbonyl (C=O) groups excluding carboxylic acids is 3. The Labute approximate surface area is 294 Å². The van der Waals surface area contributed by atoms with E-state index < -0.39 is 22.9 Å². The largest absolute Gasteiger partial charge is 0.465 e. The lowest BCUT2D eigenvalue weighted by Gasteiger charge is -2.30. The summed E-state index contributed by atoms with van der Waals surface area (Å²) in [5, 5.41) is 9.65. The van der Waals surface area contributed by atoms with Crippen molar-refractivity contribution in [3.8, 4) is 0 Å². The topological polar surface area (TPSA) is 109 Å². The molecule has 1 aromatic heterocycles. The zero-order chi connectivity index (χ0) is 34.4. The van der Waals surface area contributed by atoms with Crippen LogP contribution in [0.3, 0.4) is 0 Å². The number of rotatable bonds is 8. The molecular weight excluding hydrogens is 665 g/mol. The van der Waals surface area contributed by atoms with Crippen molar-refractivity contribution in [1.82, 2.24) is 4.90 Å². The van der Waals surface area contributed by atoms with E-state index in [1.165, 1.54) is 30.2 Å². The van der Waals surface area contributed by atoms with Crippen molar-refractivity contribution in [2.24, 2.45) is 0 Å². The quantitative estimate of drug-likeness (QED) is 0.0947. The number of nitrogens with one attached hydrogen (secondary N) is 3. The molecule has 3 aromatic carbocycles. The lowest BCUT2D eigenvalue weighted by molar-refractivity contribution is -0.115. The molecule has 2 amide bonds. The zero-order valence-electron chi connectivity index (χ0n) is 27.4. The normalized spacial score (nSPS) is 13.1. The number of nitrogens with zero attached hydrogens (tertiary/aromatic N) is 1. The molecule has 3 N–H and O–H groups in total. The highest BCUT2D eigenvalue weighted by Crippen LogP contribution is 2.41. The second-order valence-corrected chi connectivity index (χ2v) is 14.9. The average Bonchev–Trinajstić information content (AvgIpc) is 3.41. The van der Waals surface area contributed by atoms with Crippen LogP contribution in [0.4, 0.5) is 21.2 Å². The van der Waals surface area contributed by atoms with Crippen LogP contribution in [0, 0.1) is 6.92 Å². The second kappa shape index (κ2) is 15.2. The highest BCUT2D eigenvalue weighted by Gasteiger charge is 2.33. The number of benzene rings is 3. The number of amides is 2. The number of thiocarbonyl (C=S) groups is 1. The molecule has 0 saturated heterocycles. The predicted molar refractivity (Wildman–Crippen MR) is 197 cm³/mol. The molecule has 0 saturated carbocycles. The molecular formula is C36H38N4O5S3. The van der Waals surface area contributed by atoms with Crippen LogP contribution in [0.25, 0.3) is 0 Å². The first-order chi connectivity index (χ1) is 22.9. The number of esters is 1. The van der Waals surface area contributed by atoms with Crippen LogP contribution >= 0.6 is 35.3 Å². The molecule has 4 aromatic rings. The van der Waals surface area contributed by atoms with Crippen molar-refractivity contribution in [3.05, 3.63) is 106 Å². The van der Waals surface area contributed by atoms with Crippen molar-refractivity contribution in [1.29, 1.82) is 0 Å². The standard InChI is InChI=1S/C36H38N4O5S3/c1-22-14-16-24(17-15-22)37-34(46)38-25-12-9-13-26(20-25)47-30(23-10-7-6-8-11-23)31(41)39-32-29(33(42)44-5)27-18-19-40(21-28(27)48-32)35(43)45-36(2,3)4/h6-17,20,30H,18-19,21H2,1-5H3,(H,39,41)(H2,37,38,46). The fraction of sp³-hybridized carbons (Fsp3) is 0.278. The molecule has 1 unspecified atom stereocenters. The minimum Gasteiger partial charge on any atom is -0.465 e. The molecule has 250 valence electrons. The lowest BCUT2D eigenvalue weighted by atomic mass is 10.0. The van der Waals surface area contributed by atoms with Gasteiger partial charge in [0.25, 0.3) is 0 Å². The summed E-state index contributed by atoms with van der Waals surface area (Å²) in [6.45, 7) is 8.14. The first-order valence-electron chi connectivity index (χ1n) is 15.4. The van der Waals surface area contributed by atoms with E-state index >= 15 is 0 Å². The van der Waals surface area contributed by atoms with E-state index in [-0.39, 0.29) is 12.5 Å². The lowest BCUT2D eigenvalue weighted by Crippen LogP contribution is -2.39. The van der Waals surface area contributed by atoms with Gasteiger partial charge in [-0.05, 0) is 87.8 Å². The highest BCUT2D eigenvalue weighted by molar-refractivity contribution is 8.00. The number of hydrogen-bond donors (Lipinski definition) is 3. The Kier molecular flexibility index (Phi) is 11.1. The summed E-state index contributed by atoms with van der Waals surface area (Å²) >= 11 is 8.20. The van der Waals surface area contributed by atoms with Gasteiger partial charge in [0.1, 0.15) is 15.9 Å². The number of fused-ring (bicyclic) bond motifs is 1. The van der Waals surface area contributed by atoms with Gasteiger partial charge in [-0.25, -0.2) is 9.59 Å². The van der Waals surface area contributed by atoms with E-state index in [4.69, 9.17) is 21.7 Å². The first kappa shape index (κ1) is 34.9. The molecule has 5 rings (SSSR count). The van der Waals surface area contributed by atoms with E-state index in [9.17, 15) is 14.4 Å². The number of thiophene rings is 1. The monoisotopic (exact) mass is 702 g/mol. The number of hydrogen-bond acceptors (Lipinski definition) is 8. The van der Waals surface area contributed by atoms with Gasteiger partial charge in [0.2, 0.25) is 5.91 Å². The second-order valence-electron chi connectivity index (χ2n) is 12.2. The maximum atomic E-state index is 14.1. The smallest absolute Gasteiger partial charge is 0.410 e. The molecule has 0 aliphatic carbocycles. The molecule has 12 heteroatoms. The van der Waals surface area contributed by atoms with Gasteiger partial charge in [-0.3, -0.25) is 4.79 Å². The minimum atomic E-state index is -0.651. The Hall–Kier alpha value is -4.39. The van der Waals surface area contributed by atoms with Gasteiger partial charge in [0.15, 0.2) is 5.11 Å². The van der Waals surface area contributed by atoms with Crippen LogP contribution in [0.5, 0.6) is 0 Å². The Morgan fingerprint density at radius 3 is 2.33 bits per heavy atom. The third-order valence-electron chi connectivity index (χ3n) is 7.33. The summed E-state index contributed by atoms with van der Waals surface area (Å²) in [4.78, 5) is 43.2. The summed E-state index contributed by atoms with van der Waals surface area (Å²) in [6.07, 6.45) is 0.0126. The van der Waals surface area contributed by atoms with Crippen LogP contribution in [-0.4, -0.2) is 47.2 Å². The average molecular weight is 703 g/mol. The van der Waals surface area contributed by atoms with Crippen LogP contribution < -0.4 is 16.0 Å². The van der Waals surface area contributed by atoms with E-state index in [1.54, 1.807) is 4.90 Å². The molecule has 1 aliphatic heterocycles.